The summed E-state index contributed by atoms with van der Waals surface area (Å²) in [4.78, 5) is 7.09. The van der Waals surface area contributed by atoms with Crippen LogP contribution in [-0.4, -0.2) is 42.5 Å². The van der Waals surface area contributed by atoms with E-state index in [2.05, 4.69) is 65.7 Å². The second kappa shape index (κ2) is 12.9. The van der Waals surface area contributed by atoms with Crippen LogP contribution in [0.4, 0.5) is 5.69 Å². The van der Waals surface area contributed by atoms with Gasteiger partial charge in [-0.2, -0.15) is 0 Å². The maximum atomic E-state index is 9.30. The number of piperidine rings is 1. The van der Waals surface area contributed by atoms with Crippen molar-refractivity contribution >= 4 is 35.6 Å². The number of aromatic nitrogens is 1. The van der Waals surface area contributed by atoms with Gasteiger partial charge in [-0.15, -0.1) is 24.0 Å². The van der Waals surface area contributed by atoms with Crippen molar-refractivity contribution in [2.24, 2.45) is 10.9 Å². The van der Waals surface area contributed by atoms with Crippen molar-refractivity contribution in [1.82, 2.24) is 15.8 Å². The maximum absolute atomic E-state index is 9.30. The molecule has 0 atom stereocenters. The van der Waals surface area contributed by atoms with Crippen LogP contribution < -0.4 is 15.5 Å². The van der Waals surface area contributed by atoms with Crippen LogP contribution in [0.5, 0.6) is 0 Å². The molecule has 3 N–H and O–H groups in total. The van der Waals surface area contributed by atoms with E-state index in [0.717, 1.165) is 49.9 Å². The lowest BCUT2D eigenvalue weighted by Gasteiger charge is -2.32. The number of aliphatic hydroxyl groups excluding tert-OH is 1. The van der Waals surface area contributed by atoms with E-state index in [1.165, 1.54) is 11.3 Å². The molecule has 0 radical (unpaired) electrons. The lowest BCUT2D eigenvalue weighted by molar-refractivity contribution is 0.203. The molecule has 2 heterocycles. The van der Waals surface area contributed by atoms with Crippen molar-refractivity contribution in [2.45, 2.75) is 52.6 Å². The number of benzene rings is 1. The highest BCUT2D eigenvalue weighted by molar-refractivity contribution is 14.0. The van der Waals surface area contributed by atoms with E-state index < -0.39 is 0 Å². The van der Waals surface area contributed by atoms with Gasteiger partial charge >= 0.3 is 0 Å². The van der Waals surface area contributed by atoms with Crippen molar-refractivity contribution in [3.63, 3.8) is 0 Å². The van der Waals surface area contributed by atoms with Gasteiger partial charge in [0.25, 0.3) is 0 Å². The normalized spacial score (nSPS) is 15.1. The monoisotopic (exact) mass is 541 g/mol. The van der Waals surface area contributed by atoms with E-state index >= 15 is 0 Å². The number of aliphatic hydroxyl groups is 1. The van der Waals surface area contributed by atoms with Crippen molar-refractivity contribution < 1.29 is 9.63 Å². The van der Waals surface area contributed by atoms with Crippen LogP contribution in [0.2, 0.25) is 0 Å². The third kappa shape index (κ3) is 7.68. The molecule has 0 saturated carbocycles. The van der Waals surface area contributed by atoms with Gasteiger partial charge in [0, 0.05) is 38.0 Å². The van der Waals surface area contributed by atoms with Crippen LogP contribution in [0.1, 0.15) is 56.5 Å². The molecule has 31 heavy (non-hydrogen) atoms. The molecule has 1 aromatic carbocycles. The zero-order valence-electron chi connectivity index (χ0n) is 18.8. The van der Waals surface area contributed by atoms with Gasteiger partial charge < -0.3 is 25.2 Å². The summed E-state index contributed by atoms with van der Waals surface area (Å²) in [7, 11) is 0. The smallest absolute Gasteiger partial charge is 0.191 e. The van der Waals surface area contributed by atoms with E-state index in [1.807, 2.05) is 6.07 Å². The number of halogens is 1. The molecule has 1 aliphatic heterocycles. The summed E-state index contributed by atoms with van der Waals surface area (Å²) >= 11 is 0. The molecule has 2 aromatic rings. The third-order valence-corrected chi connectivity index (χ3v) is 5.54. The van der Waals surface area contributed by atoms with E-state index in [9.17, 15) is 5.11 Å². The van der Waals surface area contributed by atoms with Gasteiger partial charge in [-0.25, -0.2) is 4.99 Å². The molecule has 0 spiro atoms. The van der Waals surface area contributed by atoms with Gasteiger partial charge in [0.1, 0.15) is 0 Å². The van der Waals surface area contributed by atoms with Crippen LogP contribution in [0.15, 0.2) is 39.8 Å². The zero-order valence-corrected chi connectivity index (χ0v) is 21.1. The van der Waals surface area contributed by atoms with Crippen LogP contribution in [-0.2, 0) is 13.1 Å². The Morgan fingerprint density at radius 2 is 1.94 bits per heavy atom. The number of anilines is 1. The van der Waals surface area contributed by atoms with E-state index in [4.69, 9.17) is 9.52 Å². The standard InChI is InChI=1S/C23H35N5O2.HI/c1-4-24-23(26-15-21-13-22(17(2)3)27-30-21)25-14-18-5-7-20(8-6-18)28-11-9-19(16-29)10-12-28;/h5-8,13,17,19,29H,4,9-12,14-16H2,1-3H3,(H2,24,25,26);1H. The number of guanidine groups is 1. The van der Waals surface area contributed by atoms with E-state index in [-0.39, 0.29) is 24.0 Å². The van der Waals surface area contributed by atoms with Gasteiger partial charge in [-0.3, -0.25) is 0 Å². The minimum atomic E-state index is 0. The fourth-order valence-corrected chi connectivity index (χ4v) is 3.55. The molecular weight excluding hydrogens is 505 g/mol. The third-order valence-electron chi connectivity index (χ3n) is 5.54. The molecule has 1 fully saturated rings. The molecule has 1 saturated heterocycles. The zero-order chi connectivity index (χ0) is 21.3. The lowest BCUT2D eigenvalue weighted by Crippen LogP contribution is -2.36. The van der Waals surface area contributed by atoms with Gasteiger partial charge in [0.2, 0.25) is 0 Å². The Morgan fingerprint density at radius 1 is 1.23 bits per heavy atom. The first kappa shape index (κ1) is 25.5. The Bertz CT molecular complexity index is 799. The topological polar surface area (TPSA) is 85.9 Å². The molecule has 3 rings (SSSR count). The van der Waals surface area contributed by atoms with Crippen LogP contribution >= 0.6 is 24.0 Å². The maximum Gasteiger partial charge on any atom is 0.191 e. The highest BCUT2D eigenvalue weighted by Crippen LogP contribution is 2.23. The van der Waals surface area contributed by atoms with Crippen LogP contribution in [0.3, 0.4) is 0 Å². The fourth-order valence-electron chi connectivity index (χ4n) is 3.55. The number of nitrogens with one attached hydrogen (secondary N) is 2. The predicted octanol–water partition coefficient (Wildman–Crippen LogP) is 3.88. The average molecular weight is 541 g/mol. The molecule has 7 nitrogen and oxygen atoms in total. The Kier molecular flexibility index (Phi) is 10.6. The summed E-state index contributed by atoms with van der Waals surface area (Å²) in [6.45, 7) is 10.5. The molecule has 0 amide bonds. The largest absolute Gasteiger partial charge is 0.396 e. The second-order valence-electron chi connectivity index (χ2n) is 8.20. The SMILES string of the molecule is CCNC(=NCc1ccc(N2CCC(CO)CC2)cc1)NCc1cc(C(C)C)no1.I. The number of hydrogen-bond donors (Lipinski definition) is 3. The number of aliphatic imine (C=N–C) groups is 1. The molecule has 0 unspecified atom stereocenters. The van der Waals surface area contributed by atoms with Gasteiger partial charge in [0.15, 0.2) is 11.7 Å². The molecule has 172 valence electrons. The Morgan fingerprint density at radius 3 is 2.52 bits per heavy atom. The van der Waals surface area contributed by atoms with Crippen molar-refractivity contribution in [2.75, 3.05) is 31.1 Å². The average Bonchev–Trinajstić information content (AvgIpc) is 3.26. The molecule has 1 aromatic heterocycles. The Hall–Kier alpha value is -1.81. The summed E-state index contributed by atoms with van der Waals surface area (Å²) in [6.07, 6.45) is 2.12. The first-order chi connectivity index (χ1) is 14.6. The summed E-state index contributed by atoms with van der Waals surface area (Å²) < 4.78 is 5.39. The Balaban J connectivity index is 0.00000341. The number of nitrogens with zero attached hydrogens (tertiary/aromatic N) is 3. The van der Waals surface area contributed by atoms with Gasteiger partial charge in [-0.1, -0.05) is 31.1 Å². The molecule has 1 aliphatic rings. The van der Waals surface area contributed by atoms with E-state index in [0.29, 0.717) is 31.5 Å². The first-order valence-corrected chi connectivity index (χ1v) is 11.0. The van der Waals surface area contributed by atoms with Crippen LogP contribution in [0, 0.1) is 5.92 Å². The summed E-state index contributed by atoms with van der Waals surface area (Å²) in [5.74, 6) is 2.38. The lowest BCUT2D eigenvalue weighted by atomic mass is 9.97. The van der Waals surface area contributed by atoms with Crippen molar-refractivity contribution in [3.05, 3.63) is 47.3 Å². The Labute approximate surface area is 202 Å². The summed E-state index contributed by atoms with van der Waals surface area (Å²) in [5, 5.41) is 20.0. The quantitative estimate of drug-likeness (QED) is 0.267. The van der Waals surface area contributed by atoms with Gasteiger partial charge in [-0.05, 0) is 49.3 Å². The predicted molar refractivity (Wildman–Crippen MR) is 136 cm³/mol. The minimum Gasteiger partial charge on any atom is -0.396 e. The summed E-state index contributed by atoms with van der Waals surface area (Å²) in [6, 6.07) is 10.6. The highest BCUT2D eigenvalue weighted by atomic mass is 127. The van der Waals surface area contributed by atoms with Crippen LogP contribution in [0.25, 0.3) is 0 Å². The second-order valence-corrected chi connectivity index (χ2v) is 8.20. The number of hydrogen-bond acceptors (Lipinski definition) is 5. The first-order valence-electron chi connectivity index (χ1n) is 11.0. The fraction of sp³-hybridized carbons (Fsp3) is 0.565. The van der Waals surface area contributed by atoms with Gasteiger partial charge in [0.05, 0.1) is 18.8 Å². The molecular formula is C23H36IN5O2. The van der Waals surface area contributed by atoms with Crippen molar-refractivity contribution in [3.8, 4) is 0 Å². The van der Waals surface area contributed by atoms with Crippen molar-refractivity contribution in [1.29, 1.82) is 0 Å². The molecule has 0 aliphatic carbocycles. The molecule has 0 bridgehead atoms. The molecule has 8 heteroatoms. The highest BCUT2D eigenvalue weighted by Gasteiger charge is 2.18. The number of rotatable bonds is 8. The van der Waals surface area contributed by atoms with E-state index in [1.54, 1.807) is 0 Å². The minimum absolute atomic E-state index is 0. The summed E-state index contributed by atoms with van der Waals surface area (Å²) in [5.41, 5.74) is 3.38.